The van der Waals surface area contributed by atoms with Gasteiger partial charge in [-0.05, 0) is 43.0 Å². The van der Waals surface area contributed by atoms with Crippen LogP contribution in [-0.2, 0) is 4.79 Å². The highest BCUT2D eigenvalue weighted by molar-refractivity contribution is 5.90. The molecule has 0 fully saturated rings. The van der Waals surface area contributed by atoms with Crippen LogP contribution in [0.1, 0.15) is 38.7 Å². The summed E-state index contributed by atoms with van der Waals surface area (Å²) in [5.74, 6) is 2.56. The monoisotopic (exact) mass is 258 g/mol. The lowest BCUT2D eigenvalue weighted by atomic mass is 9.84. The minimum Gasteiger partial charge on any atom is -0.330 e. The number of rotatable bonds is 6. The Bertz CT molecular complexity index is 472. The van der Waals surface area contributed by atoms with Gasteiger partial charge in [-0.1, -0.05) is 25.8 Å². The number of nitrogens with one attached hydrogen (secondary N) is 1. The largest absolute Gasteiger partial charge is 0.330 e. The molecule has 0 bridgehead atoms. The molecule has 0 radical (unpaired) electrons. The Labute approximate surface area is 115 Å². The van der Waals surface area contributed by atoms with E-state index >= 15 is 0 Å². The summed E-state index contributed by atoms with van der Waals surface area (Å²) in [5.41, 5.74) is 7.17. The lowest BCUT2D eigenvalue weighted by molar-refractivity contribution is -0.116. The second-order valence-corrected chi connectivity index (χ2v) is 5.48. The smallest absolute Gasteiger partial charge is 0.224 e. The number of carbonyl (C=O) groups excluding carboxylic acids is 1. The third kappa shape index (κ3) is 5.58. The van der Waals surface area contributed by atoms with Gasteiger partial charge in [0.25, 0.3) is 0 Å². The molecule has 0 atom stereocenters. The summed E-state index contributed by atoms with van der Waals surface area (Å²) in [6, 6.07) is 7.30. The number of nitrogens with two attached hydrogens (primary N) is 1. The summed E-state index contributed by atoms with van der Waals surface area (Å²) >= 11 is 0. The van der Waals surface area contributed by atoms with E-state index in [1.165, 1.54) is 0 Å². The van der Waals surface area contributed by atoms with Gasteiger partial charge in [0.2, 0.25) is 5.91 Å². The fourth-order valence-electron chi connectivity index (χ4n) is 1.88. The van der Waals surface area contributed by atoms with Crippen molar-refractivity contribution >= 4 is 11.6 Å². The standard InChI is InChI=1S/C16H22N2O/c1-4-13-6-5-7-14(12-13)18-15(19)8-9-16(2,3)10-11-17/h1,5-7,12H,8-11,17H2,2-3H3,(H,18,19). The molecule has 19 heavy (non-hydrogen) atoms. The molecule has 0 spiro atoms. The number of benzene rings is 1. The summed E-state index contributed by atoms with van der Waals surface area (Å²) in [4.78, 5) is 11.9. The van der Waals surface area contributed by atoms with Crippen molar-refractivity contribution in [3.63, 3.8) is 0 Å². The number of carbonyl (C=O) groups is 1. The molecular formula is C16H22N2O. The highest BCUT2D eigenvalue weighted by atomic mass is 16.1. The van der Waals surface area contributed by atoms with Crippen molar-refractivity contribution in [3.05, 3.63) is 29.8 Å². The average Bonchev–Trinajstić information content (AvgIpc) is 2.37. The van der Waals surface area contributed by atoms with Gasteiger partial charge in [0.15, 0.2) is 0 Å². The quantitative estimate of drug-likeness (QED) is 0.771. The minimum atomic E-state index is 0.0132. The molecule has 0 saturated carbocycles. The Morgan fingerprint density at radius 1 is 1.42 bits per heavy atom. The van der Waals surface area contributed by atoms with E-state index < -0.39 is 0 Å². The Kier molecular flexibility index (Phi) is 5.59. The maximum atomic E-state index is 11.9. The molecule has 0 aliphatic rings. The first kappa shape index (κ1) is 15.3. The number of anilines is 1. The Morgan fingerprint density at radius 3 is 2.79 bits per heavy atom. The lowest BCUT2D eigenvalue weighted by Crippen LogP contribution is -2.20. The van der Waals surface area contributed by atoms with Crippen LogP contribution in [-0.4, -0.2) is 12.5 Å². The first-order valence-electron chi connectivity index (χ1n) is 6.53. The van der Waals surface area contributed by atoms with E-state index in [2.05, 4.69) is 25.1 Å². The van der Waals surface area contributed by atoms with Crippen molar-refractivity contribution < 1.29 is 4.79 Å². The van der Waals surface area contributed by atoms with Crippen LogP contribution in [0.2, 0.25) is 0 Å². The number of amides is 1. The Morgan fingerprint density at radius 2 is 2.16 bits per heavy atom. The summed E-state index contributed by atoms with van der Waals surface area (Å²) in [6.45, 7) is 4.91. The molecule has 102 valence electrons. The second kappa shape index (κ2) is 6.96. The molecule has 0 saturated heterocycles. The van der Waals surface area contributed by atoms with Crippen molar-refractivity contribution in [2.45, 2.75) is 33.1 Å². The number of hydrogen-bond acceptors (Lipinski definition) is 2. The highest BCUT2D eigenvalue weighted by Gasteiger charge is 2.18. The zero-order valence-corrected chi connectivity index (χ0v) is 11.7. The van der Waals surface area contributed by atoms with Gasteiger partial charge in [-0.25, -0.2) is 0 Å². The zero-order chi connectivity index (χ0) is 14.3. The van der Waals surface area contributed by atoms with Crippen molar-refractivity contribution in [3.8, 4) is 12.3 Å². The average molecular weight is 258 g/mol. The fraction of sp³-hybridized carbons (Fsp3) is 0.438. The SMILES string of the molecule is C#Cc1cccc(NC(=O)CCC(C)(C)CCN)c1. The predicted octanol–water partition coefficient (Wildman–Crippen LogP) is 2.76. The van der Waals surface area contributed by atoms with Gasteiger partial charge in [-0.15, -0.1) is 6.42 Å². The molecule has 1 amide bonds. The van der Waals surface area contributed by atoms with Crippen LogP contribution in [0.5, 0.6) is 0 Å². The Hall–Kier alpha value is -1.79. The van der Waals surface area contributed by atoms with E-state index in [-0.39, 0.29) is 11.3 Å². The first-order valence-corrected chi connectivity index (χ1v) is 6.53. The van der Waals surface area contributed by atoms with Crippen LogP contribution in [0.15, 0.2) is 24.3 Å². The number of terminal acetylenes is 1. The summed E-state index contributed by atoms with van der Waals surface area (Å²) in [7, 11) is 0. The molecule has 3 heteroatoms. The first-order chi connectivity index (χ1) is 8.96. The van der Waals surface area contributed by atoms with Crippen molar-refractivity contribution in [2.75, 3.05) is 11.9 Å². The Balaban J connectivity index is 2.49. The van der Waals surface area contributed by atoms with E-state index in [4.69, 9.17) is 12.2 Å². The summed E-state index contributed by atoms with van der Waals surface area (Å²) in [5, 5.41) is 2.87. The molecule has 0 aromatic heterocycles. The van der Waals surface area contributed by atoms with Gasteiger partial charge < -0.3 is 11.1 Å². The molecule has 1 rings (SSSR count). The lowest BCUT2D eigenvalue weighted by Gasteiger charge is -2.23. The van der Waals surface area contributed by atoms with Gasteiger partial charge >= 0.3 is 0 Å². The maximum absolute atomic E-state index is 11.9. The summed E-state index contributed by atoms with van der Waals surface area (Å²) in [6.07, 6.45) is 7.57. The van der Waals surface area contributed by atoms with E-state index in [1.807, 2.05) is 18.2 Å². The van der Waals surface area contributed by atoms with Crippen LogP contribution in [0.3, 0.4) is 0 Å². The van der Waals surface area contributed by atoms with Crippen molar-refractivity contribution in [2.24, 2.45) is 11.1 Å². The molecule has 3 N–H and O–H groups in total. The minimum absolute atomic E-state index is 0.0132. The van der Waals surface area contributed by atoms with Crippen molar-refractivity contribution in [1.29, 1.82) is 0 Å². The fourth-order valence-corrected chi connectivity index (χ4v) is 1.88. The van der Waals surface area contributed by atoms with Gasteiger partial charge in [-0.2, -0.15) is 0 Å². The van der Waals surface area contributed by atoms with Crippen LogP contribution in [0.4, 0.5) is 5.69 Å². The van der Waals surface area contributed by atoms with Crippen molar-refractivity contribution in [1.82, 2.24) is 0 Å². The number of hydrogen-bond donors (Lipinski definition) is 2. The van der Waals surface area contributed by atoms with E-state index in [0.717, 1.165) is 24.1 Å². The molecule has 0 aliphatic carbocycles. The highest BCUT2D eigenvalue weighted by Crippen LogP contribution is 2.26. The van der Waals surface area contributed by atoms with Crippen LogP contribution in [0.25, 0.3) is 0 Å². The van der Waals surface area contributed by atoms with E-state index in [0.29, 0.717) is 13.0 Å². The molecule has 0 heterocycles. The van der Waals surface area contributed by atoms with Gasteiger partial charge in [0.05, 0.1) is 0 Å². The normalized spacial score (nSPS) is 10.8. The molecule has 1 aromatic rings. The third-order valence-electron chi connectivity index (χ3n) is 3.16. The van der Waals surface area contributed by atoms with Crippen LogP contribution < -0.4 is 11.1 Å². The zero-order valence-electron chi connectivity index (χ0n) is 11.7. The molecule has 0 aliphatic heterocycles. The van der Waals surface area contributed by atoms with Gasteiger partial charge in [0.1, 0.15) is 0 Å². The van der Waals surface area contributed by atoms with E-state index in [1.54, 1.807) is 6.07 Å². The molecular weight excluding hydrogens is 236 g/mol. The van der Waals surface area contributed by atoms with Crippen LogP contribution >= 0.6 is 0 Å². The molecule has 0 unspecified atom stereocenters. The van der Waals surface area contributed by atoms with E-state index in [9.17, 15) is 4.79 Å². The van der Waals surface area contributed by atoms with Gasteiger partial charge in [-0.3, -0.25) is 4.79 Å². The molecule has 3 nitrogen and oxygen atoms in total. The molecule has 1 aromatic carbocycles. The van der Waals surface area contributed by atoms with Gasteiger partial charge in [0, 0.05) is 17.7 Å². The van der Waals surface area contributed by atoms with Crippen LogP contribution in [0, 0.1) is 17.8 Å². The maximum Gasteiger partial charge on any atom is 0.224 e. The second-order valence-electron chi connectivity index (χ2n) is 5.48. The topological polar surface area (TPSA) is 55.1 Å². The third-order valence-corrected chi connectivity index (χ3v) is 3.16. The predicted molar refractivity (Wildman–Crippen MR) is 79.7 cm³/mol. The summed E-state index contributed by atoms with van der Waals surface area (Å²) < 4.78 is 0.